The predicted molar refractivity (Wildman–Crippen MR) is 81.6 cm³/mol. The van der Waals surface area contributed by atoms with E-state index in [4.69, 9.17) is 10.5 Å². The second-order valence-corrected chi connectivity index (χ2v) is 5.25. The van der Waals surface area contributed by atoms with Gasteiger partial charge in [-0.3, -0.25) is 9.59 Å². The fraction of sp³-hybridized carbons (Fsp3) is 0.500. The van der Waals surface area contributed by atoms with Crippen molar-refractivity contribution in [3.8, 4) is 5.75 Å². The molecule has 0 atom stereocenters. The molecule has 0 unspecified atom stereocenters. The average Bonchev–Trinajstić information content (AvgIpc) is 2.89. The maximum absolute atomic E-state index is 11.8. The highest BCUT2D eigenvalue weighted by atomic mass is 16.5. The highest BCUT2D eigenvalue weighted by Gasteiger charge is 2.25. The van der Waals surface area contributed by atoms with E-state index in [2.05, 4.69) is 6.92 Å². The normalized spacial score (nSPS) is 14.5. The summed E-state index contributed by atoms with van der Waals surface area (Å²) in [6.07, 6.45) is 4.56. The molecular weight excluding hydrogens is 268 g/mol. The van der Waals surface area contributed by atoms with Crippen LogP contribution in [0, 0.1) is 0 Å². The van der Waals surface area contributed by atoms with Crippen molar-refractivity contribution in [3.05, 3.63) is 23.8 Å². The number of hydrogen-bond acceptors (Lipinski definition) is 3. The third-order valence-electron chi connectivity index (χ3n) is 3.61. The highest BCUT2D eigenvalue weighted by Crippen LogP contribution is 2.28. The largest absolute Gasteiger partial charge is 0.494 e. The van der Waals surface area contributed by atoms with E-state index in [1.807, 2.05) is 0 Å². The molecule has 0 bridgehead atoms. The van der Waals surface area contributed by atoms with Crippen molar-refractivity contribution in [3.63, 3.8) is 0 Å². The number of nitrogens with zero attached hydrogens (tertiary/aromatic N) is 1. The topological polar surface area (TPSA) is 72.6 Å². The summed E-state index contributed by atoms with van der Waals surface area (Å²) in [6.45, 7) is 3.39. The lowest BCUT2D eigenvalue weighted by Gasteiger charge is -2.19. The van der Waals surface area contributed by atoms with Crippen molar-refractivity contribution in [1.29, 1.82) is 0 Å². The van der Waals surface area contributed by atoms with Gasteiger partial charge in [0.15, 0.2) is 0 Å². The van der Waals surface area contributed by atoms with Crippen molar-refractivity contribution < 1.29 is 14.3 Å². The zero-order valence-corrected chi connectivity index (χ0v) is 12.4. The lowest BCUT2D eigenvalue weighted by molar-refractivity contribution is -0.117. The third-order valence-corrected chi connectivity index (χ3v) is 3.61. The molecule has 0 saturated carbocycles. The number of primary amides is 1. The van der Waals surface area contributed by atoms with Gasteiger partial charge in [0.05, 0.1) is 17.9 Å². The van der Waals surface area contributed by atoms with E-state index in [0.717, 1.165) is 25.7 Å². The monoisotopic (exact) mass is 290 g/mol. The Hall–Kier alpha value is -2.04. The van der Waals surface area contributed by atoms with Crippen LogP contribution in [0.4, 0.5) is 5.69 Å². The maximum atomic E-state index is 11.8. The first-order valence-corrected chi connectivity index (χ1v) is 7.50. The van der Waals surface area contributed by atoms with Crippen LogP contribution in [0.3, 0.4) is 0 Å². The van der Waals surface area contributed by atoms with Crippen molar-refractivity contribution in [1.82, 2.24) is 0 Å². The summed E-state index contributed by atoms with van der Waals surface area (Å²) in [4.78, 5) is 25.1. The summed E-state index contributed by atoms with van der Waals surface area (Å²) >= 11 is 0. The predicted octanol–water partition coefficient (Wildman–Crippen LogP) is 2.48. The SMILES string of the molecule is CCCCCOc1ccc(N2CCCC2=O)c(C(N)=O)c1. The van der Waals surface area contributed by atoms with E-state index >= 15 is 0 Å². The van der Waals surface area contributed by atoms with E-state index < -0.39 is 5.91 Å². The average molecular weight is 290 g/mol. The van der Waals surface area contributed by atoms with Gasteiger partial charge in [-0.05, 0) is 31.0 Å². The first kappa shape index (κ1) is 15.4. The Morgan fingerprint density at radius 3 is 2.81 bits per heavy atom. The highest BCUT2D eigenvalue weighted by molar-refractivity contribution is 6.05. The minimum absolute atomic E-state index is 0.0362. The molecule has 2 rings (SSSR count). The molecule has 1 aromatic rings. The molecule has 1 aromatic carbocycles. The van der Waals surface area contributed by atoms with Gasteiger partial charge < -0.3 is 15.4 Å². The number of rotatable bonds is 7. The number of unbranched alkanes of at least 4 members (excludes halogenated alkanes) is 2. The van der Waals surface area contributed by atoms with Crippen molar-refractivity contribution in [2.45, 2.75) is 39.0 Å². The number of carbonyl (C=O) groups is 2. The van der Waals surface area contributed by atoms with Gasteiger partial charge in [-0.15, -0.1) is 0 Å². The molecule has 0 radical (unpaired) electrons. The van der Waals surface area contributed by atoms with Crippen LogP contribution in [0.5, 0.6) is 5.75 Å². The van der Waals surface area contributed by atoms with Gasteiger partial charge in [-0.1, -0.05) is 19.8 Å². The molecule has 2 N–H and O–H groups in total. The van der Waals surface area contributed by atoms with Gasteiger partial charge in [0.25, 0.3) is 5.91 Å². The van der Waals surface area contributed by atoms with Gasteiger partial charge in [0.1, 0.15) is 5.75 Å². The van der Waals surface area contributed by atoms with Crippen LogP contribution in [0.25, 0.3) is 0 Å². The van der Waals surface area contributed by atoms with E-state index in [0.29, 0.717) is 36.6 Å². The molecule has 114 valence electrons. The molecule has 0 aromatic heterocycles. The van der Waals surface area contributed by atoms with Crippen LogP contribution in [0.1, 0.15) is 49.4 Å². The molecule has 0 spiro atoms. The fourth-order valence-corrected chi connectivity index (χ4v) is 2.48. The quantitative estimate of drug-likeness (QED) is 0.784. The number of hydrogen-bond donors (Lipinski definition) is 1. The second kappa shape index (κ2) is 7.11. The Balaban J connectivity index is 2.15. The number of amides is 2. The molecule has 1 heterocycles. The van der Waals surface area contributed by atoms with E-state index in [1.165, 1.54) is 0 Å². The van der Waals surface area contributed by atoms with E-state index in [9.17, 15) is 9.59 Å². The lowest BCUT2D eigenvalue weighted by atomic mass is 10.1. The molecule has 2 amide bonds. The molecule has 5 heteroatoms. The van der Waals surface area contributed by atoms with Crippen LogP contribution >= 0.6 is 0 Å². The molecule has 1 fully saturated rings. The Kier molecular flexibility index (Phi) is 5.20. The molecule has 0 aliphatic carbocycles. The molecule has 1 aliphatic heterocycles. The summed E-state index contributed by atoms with van der Waals surface area (Å²) in [7, 11) is 0. The van der Waals surface area contributed by atoms with Crippen LogP contribution in [0.15, 0.2) is 18.2 Å². The fourth-order valence-electron chi connectivity index (χ4n) is 2.48. The number of nitrogens with two attached hydrogens (primary N) is 1. The standard InChI is InChI=1S/C16H22N2O3/c1-2-3-4-10-21-12-7-8-14(13(11-12)16(17)20)18-9-5-6-15(18)19/h7-8,11H,2-6,9-10H2,1H3,(H2,17,20). The maximum Gasteiger partial charge on any atom is 0.250 e. The van der Waals surface area contributed by atoms with Gasteiger partial charge in [-0.2, -0.15) is 0 Å². The van der Waals surface area contributed by atoms with Gasteiger partial charge in [0, 0.05) is 13.0 Å². The van der Waals surface area contributed by atoms with Gasteiger partial charge >= 0.3 is 0 Å². The summed E-state index contributed by atoms with van der Waals surface area (Å²) in [5.74, 6) is 0.119. The number of anilines is 1. The van der Waals surface area contributed by atoms with E-state index in [1.54, 1.807) is 23.1 Å². The third kappa shape index (κ3) is 3.74. The summed E-state index contributed by atoms with van der Waals surface area (Å²) < 4.78 is 5.63. The zero-order valence-electron chi connectivity index (χ0n) is 12.4. The molecule has 1 saturated heterocycles. The minimum Gasteiger partial charge on any atom is -0.494 e. The number of ether oxygens (including phenoxy) is 1. The molecule has 21 heavy (non-hydrogen) atoms. The second-order valence-electron chi connectivity index (χ2n) is 5.25. The number of benzene rings is 1. The lowest BCUT2D eigenvalue weighted by Crippen LogP contribution is -2.27. The zero-order chi connectivity index (χ0) is 15.2. The van der Waals surface area contributed by atoms with Crippen molar-refractivity contribution >= 4 is 17.5 Å². The first-order valence-electron chi connectivity index (χ1n) is 7.50. The Labute approximate surface area is 125 Å². The van der Waals surface area contributed by atoms with Crippen LogP contribution in [0.2, 0.25) is 0 Å². The summed E-state index contributed by atoms with van der Waals surface area (Å²) in [5, 5.41) is 0. The van der Waals surface area contributed by atoms with Crippen molar-refractivity contribution in [2.24, 2.45) is 5.73 Å². The van der Waals surface area contributed by atoms with Gasteiger partial charge in [-0.25, -0.2) is 0 Å². The molecule has 5 nitrogen and oxygen atoms in total. The van der Waals surface area contributed by atoms with Crippen LogP contribution in [-0.4, -0.2) is 25.0 Å². The molecular formula is C16H22N2O3. The summed E-state index contributed by atoms with van der Waals surface area (Å²) in [5.41, 5.74) is 6.37. The Morgan fingerprint density at radius 1 is 1.38 bits per heavy atom. The van der Waals surface area contributed by atoms with E-state index in [-0.39, 0.29) is 5.91 Å². The van der Waals surface area contributed by atoms with Crippen LogP contribution in [-0.2, 0) is 4.79 Å². The first-order chi connectivity index (χ1) is 10.1. The van der Waals surface area contributed by atoms with Crippen molar-refractivity contribution in [2.75, 3.05) is 18.1 Å². The Bertz CT molecular complexity index is 528. The number of carbonyl (C=O) groups excluding carboxylic acids is 2. The van der Waals surface area contributed by atoms with Crippen LogP contribution < -0.4 is 15.4 Å². The smallest absolute Gasteiger partial charge is 0.250 e. The molecule has 1 aliphatic rings. The Morgan fingerprint density at radius 2 is 2.19 bits per heavy atom. The summed E-state index contributed by atoms with van der Waals surface area (Å²) in [6, 6.07) is 5.17. The minimum atomic E-state index is -0.538. The van der Waals surface area contributed by atoms with Gasteiger partial charge in [0.2, 0.25) is 5.91 Å².